The molecule has 1 aromatic rings. The van der Waals surface area contributed by atoms with Crippen LogP contribution in [0.5, 0.6) is 0 Å². The molecule has 0 radical (unpaired) electrons. The molecular formula is C13H15F5N2. The predicted molar refractivity (Wildman–Crippen MR) is 64.6 cm³/mol. The molecule has 2 nitrogen and oxygen atoms in total. The summed E-state index contributed by atoms with van der Waals surface area (Å²) in [6.07, 6.45) is -4.73. The van der Waals surface area contributed by atoms with Crippen molar-refractivity contribution in [1.82, 2.24) is 10.2 Å². The number of piperazine rings is 1. The summed E-state index contributed by atoms with van der Waals surface area (Å²) in [5, 5.41) is 3.10. The molecule has 1 aliphatic rings. The molecule has 0 unspecified atom stereocenters. The second kappa shape index (κ2) is 6.05. The second-order valence-electron chi connectivity index (χ2n) is 4.69. The van der Waals surface area contributed by atoms with Crippen LogP contribution in [-0.4, -0.2) is 37.8 Å². The predicted octanol–water partition coefficient (Wildman–Crippen LogP) is 2.76. The molecule has 0 amide bonds. The maximum atomic E-state index is 13.5. The quantitative estimate of drug-likeness (QED) is 0.862. The van der Waals surface area contributed by atoms with E-state index in [0.717, 1.165) is 12.1 Å². The first-order chi connectivity index (χ1) is 9.43. The van der Waals surface area contributed by atoms with E-state index in [0.29, 0.717) is 32.2 Å². The molecule has 1 fully saturated rings. The zero-order valence-corrected chi connectivity index (χ0v) is 10.7. The van der Waals surface area contributed by atoms with Gasteiger partial charge in [0.1, 0.15) is 12.5 Å². The molecule has 0 aliphatic carbocycles. The van der Waals surface area contributed by atoms with Crippen LogP contribution < -0.4 is 5.32 Å². The number of nitrogens with one attached hydrogen (secondary N) is 1. The number of rotatable bonds is 3. The van der Waals surface area contributed by atoms with Crippen molar-refractivity contribution in [3.63, 3.8) is 0 Å². The highest BCUT2D eigenvalue weighted by atomic mass is 19.4. The van der Waals surface area contributed by atoms with Gasteiger partial charge >= 0.3 is 6.18 Å². The molecule has 0 spiro atoms. The molecule has 2 rings (SSSR count). The van der Waals surface area contributed by atoms with E-state index in [-0.39, 0.29) is 5.56 Å². The minimum Gasteiger partial charge on any atom is -0.314 e. The topological polar surface area (TPSA) is 15.3 Å². The minimum absolute atomic E-state index is 0.236. The van der Waals surface area contributed by atoms with Gasteiger partial charge in [-0.25, -0.2) is 8.78 Å². The van der Waals surface area contributed by atoms with Crippen LogP contribution in [0, 0.1) is 5.82 Å². The van der Waals surface area contributed by atoms with E-state index in [4.69, 9.17) is 0 Å². The summed E-state index contributed by atoms with van der Waals surface area (Å²) in [6.45, 7) is 1.76. The van der Waals surface area contributed by atoms with E-state index in [2.05, 4.69) is 5.32 Å². The van der Waals surface area contributed by atoms with Crippen molar-refractivity contribution < 1.29 is 22.0 Å². The molecule has 0 saturated carbocycles. The number of hydrogen-bond donors (Lipinski definition) is 1. The van der Waals surface area contributed by atoms with E-state index in [1.807, 2.05) is 0 Å². The van der Waals surface area contributed by atoms with E-state index >= 15 is 0 Å². The first kappa shape index (κ1) is 15.2. The Hall–Kier alpha value is -1.21. The van der Waals surface area contributed by atoms with Gasteiger partial charge in [-0.15, -0.1) is 0 Å². The van der Waals surface area contributed by atoms with Crippen LogP contribution in [0.2, 0.25) is 0 Å². The molecule has 1 atom stereocenters. The number of hydrogen-bond acceptors (Lipinski definition) is 2. The van der Waals surface area contributed by atoms with E-state index in [9.17, 15) is 22.0 Å². The molecule has 1 heterocycles. The van der Waals surface area contributed by atoms with Gasteiger partial charge in [-0.05, 0) is 17.7 Å². The van der Waals surface area contributed by atoms with Gasteiger partial charge in [0.25, 0.3) is 0 Å². The van der Waals surface area contributed by atoms with Crippen LogP contribution >= 0.6 is 0 Å². The van der Waals surface area contributed by atoms with Crippen molar-refractivity contribution in [3.05, 3.63) is 35.1 Å². The molecule has 1 aliphatic heterocycles. The van der Waals surface area contributed by atoms with Crippen LogP contribution in [0.1, 0.15) is 17.2 Å². The lowest BCUT2D eigenvalue weighted by Gasteiger charge is -2.33. The Balaban J connectivity index is 2.24. The highest BCUT2D eigenvalue weighted by Crippen LogP contribution is 2.33. The van der Waals surface area contributed by atoms with Crippen LogP contribution in [0.3, 0.4) is 0 Å². The molecule has 112 valence electrons. The van der Waals surface area contributed by atoms with Crippen molar-refractivity contribution in [2.45, 2.75) is 12.2 Å². The van der Waals surface area contributed by atoms with Gasteiger partial charge < -0.3 is 5.32 Å². The number of alkyl halides is 4. The van der Waals surface area contributed by atoms with Crippen molar-refractivity contribution >= 4 is 0 Å². The Morgan fingerprint density at radius 2 is 1.85 bits per heavy atom. The van der Waals surface area contributed by atoms with Crippen LogP contribution in [-0.2, 0) is 6.18 Å². The fourth-order valence-corrected chi connectivity index (χ4v) is 2.36. The Labute approximate surface area is 113 Å². The van der Waals surface area contributed by atoms with Gasteiger partial charge in [0.05, 0.1) is 11.6 Å². The standard InChI is InChI=1S/C13H15F5N2/c14-8-12(20-5-3-19-4-6-20)9-1-2-10(11(15)7-9)13(16,17)18/h1-2,7,12,19H,3-6,8H2/t12-/m0/s1. The zero-order valence-electron chi connectivity index (χ0n) is 10.7. The fraction of sp³-hybridized carbons (Fsp3) is 0.538. The van der Waals surface area contributed by atoms with Crippen LogP contribution in [0.4, 0.5) is 22.0 Å². The number of nitrogens with zero attached hydrogens (tertiary/aromatic N) is 1. The fourth-order valence-electron chi connectivity index (χ4n) is 2.36. The largest absolute Gasteiger partial charge is 0.419 e. The van der Waals surface area contributed by atoms with Gasteiger partial charge in [-0.3, -0.25) is 4.90 Å². The van der Waals surface area contributed by atoms with Crippen LogP contribution in [0.15, 0.2) is 18.2 Å². The number of halogens is 5. The van der Waals surface area contributed by atoms with E-state index in [1.165, 1.54) is 0 Å². The van der Waals surface area contributed by atoms with Crippen molar-refractivity contribution in [2.75, 3.05) is 32.9 Å². The summed E-state index contributed by atoms with van der Waals surface area (Å²) in [5.41, 5.74) is -1.08. The van der Waals surface area contributed by atoms with Crippen molar-refractivity contribution in [1.29, 1.82) is 0 Å². The van der Waals surface area contributed by atoms with Gasteiger partial charge in [0.15, 0.2) is 0 Å². The van der Waals surface area contributed by atoms with Gasteiger partial charge in [-0.1, -0.05) is 6.07 Å². The average molecular weight is 294 g/mol. The molecule has 0 aromatic heterocycles. The molecule has 0 bridgehead atoms. The Kier molecular flexibility index (Phi) is 4.59. The van der Waals surface area contributed by atoms with E-state index < -0.39 is 30.3 Å². The summed E-state index contributed by atoms with van der Waals surface area (Å²) < 4.78 is 64.2. The minimum atomic E-state index is -4.73. The molecule has 1 saturated heterocycles. The Morgan fingerprint density at radius 1 is 1.20 bits per heavy atom. The molecule has 20 heavy (non-hydrogen) atoms. The summed E-state index contributed by atoms with van der Waals surface area (Å²) in [7, 11) is 0. The average Bonchev–Trinajstić information content (AvgIpc) is 2.39. The first-order valence-electron chi connectivity index (χ1n) is 6.31. The Morgan fingerprint density at radius 3 is 2.35 bits per heavy atom. The van der Waals surface area contributed by atoms with Crippen molar-refractivity contribution in [3.8, 4) is 0 Å². The molecular weight excluding hydrogens is 279 g/mol. The maximum absolute atomic E-state index is 13.5. The first-order valence-corrected chi connectivity index (χ1v) is 6.31. The van der Waals surface area contributed by atoms with Crippen LogP contribution in [0.25, 0.3) is 0 Å². The summed E-state index contributed by atoms with van der Waals surface area (Å²) in [4.78, 5) is 1.80. The molecule has 1 N–H and O–H groups in total. The van der Waals surface area contributed by atoms with Gasteiger partial charge in [0.2, 0.25) is 0 Å². The third-order valence-electron chi connectivity index (χ3n) is 3.42. The normalized spacial score (nSPS) is 19.1. The van der Waals surface area contributed by atoms with Crippen molar-refractivity contribution in [2.24, 2.45) is 0 Å². The lowest BCUT2D eigenvalue weighted by atomic mass is 10.0. The highest BCUT2D eigenvalue weighted by molar-refractivity contribution is 5.28. The highest BCUT2D eigenvalue weighted by Gasteiger charge is 2.34. The summed E-state index contributed by atoms with van der Waals surface area (Å²) >= 11 is 0. The summed E-state index contributed by atoms with van der Waals surface area (Å²) in [5.74, 6) is -1.36. The van der Waals surface area contributed by atoms with E-state index in [1.54, 1.807) is 4.90 Å². The van der Waals surface area contributed by atoms with Gasteiger partial charge in [0, 0.05) is 26.2 Å². The molecule has 1 aromatic carbocycles. The maximum Gasteiger partial charge on any atom is 0.419 e. The zero-order chi connectivity index (χ0) is 14.8. The van der Waals surface area contributed by atoms with Gasteiger partial charge in [-0.2, -0.15) is 13.2 Å². The smallest absolute Gasteiger partial charge is 0.314 e. The summed E-state index contributed by atoms with van der Waals surface area (Å²) in [6, 6.07) is 1.91. The lowest BCUT2D eigenvalue weighted by molar-refractivity contribution is -0.140. The third-order valence-corrected chi connectivity index (χ3v) is 3.42. The monoisotopic (exact) mass is 294 g/mol. The second-order valence-corrected chi connectivity index (χ2v) is 4.69. The third kappa shape index (κ3) is 3.27. The number of benzene rings is 1. The molecule has 7 heteroatoms. The lowest BCUT2D eigenvalue weighted by Crippen LogP contribution is -2.45. The SMILES string of the molecule is FC[C@@H](c1ccc(C(F)(F)F)c(F)c1)N1CCNCC1. The Bertz CT molecular complexity index is 455.